The molecule has 1 aromatic carbocycles. The zero-order valence-electron chi connectivity index (χ0n) is 14.1. The highest BCUT2D eigenvalue weighted by Crippen LogP contribution is 2.42. The third-order valence-electron chi connectivity index (χ3n) is 5.59. The number of ether oxygens (including phenoxy) is 1. The third kappa shape index (κ3) is 4.34. The van der Waals surface area contributed by atoms with Crippen LogP contribution < -0.4 is 0 Å². The van der Waals surface area contributed by atoms with Gasteiger partial charge in [-0.25, -0.2) is 13.6 Å². The maximum Gasteiger partial charge on any atom is 0.338 e. The molecule has 0 aromatic heterocycles. The topological polar surface area (TPSA) is 26.3 Å². The Kier molecular flexibility index (Phi) is 5.52. The number of halogens is 2. The van der Waals surface area contributed by atoms with Crippen LogP contribution in [0.25, 0.3) is 0 Å². The van der Waals surface area contributed by atoms with E-state index in [1.54, 1.807) is 12.1 Å². The summed E-state index contributed by atoms with van der Waals surface area (Å²) in [7, 11) is 0. The third-order valence-corrected chi connectivity index (χ3v) is 5.59. The lowest BCUT2D eigenvalue weighted by atomic mass is 9.74. The highest BCUT2D eigenvalue weighted by Gasteiger charge is 2.41. The first-order valence-corrected chi connectivity index (χ1v) is 9.19. The van der Waals surface area contributed by atoms with Crippen LogP contribution in [0.4, 0.5) is 8.78 Å². The van der Waals surface area contributed by atoms with Crippen molar-refractivity contribution in [1.29, 1.82) is 0 Å². The molecule has 24 heavy (non-hydrogen) atoms. The second-order valence-electron chi connectivity index (χ2n) is 7.33. The molecule has 2 aliphatic carbocycles. The molecular formula is C20H26F2O2. The van der Waals surface area contributed by atoms with Crippen LogP contribution in [-0.4, -0.2) is 18.0 Å². The summed E-state index contributed by atoms with van der Waals surface area (Å²) in [6.07, 6.45) is 6.13. The molecule has 2 nitrogen and oxygen atoms in total. The number of hydrogen-bond acceptors (Lipinski definition) is 2. The van der Waals surface area contributed by atoms with E-state index >= 15 is 0 Å². The summed E-state index contributed by atoms with van der Waals surface area (Å²) >= 11 is 0. The van der Waals surface area contributed by atoms with E-state index in [1.165, 1.54) is 6.42 Å². The van der Waals surface area contributed by atoms with Gasteiger partial charge >= 0.3 is 5.97 Å². The smallest absolute Gasteiger partial charge is 0.338 e. The maximum atomic E-state index is 13.5. The lowest BCUT2D eigenvalue weighted by molar-refractivity contribution is -0.0782. The fraction of sp³-hybridized carbons (Fsp3) is 0.650. The number of carbonyl (C=O) groups excluding carboxylic acids is 1. The molecule has 2 aliphatic rings. The molecule has 0 amide bonds. The van der Waals surface area contributed by atoms with Gasteiger partial charge in [0, 0.05) is 12.8 Å². The monoisotopic (exact) mass is 336 g/mol. The van der Waals surface area contributed by atoms with Gasteiger partial charge in [0.25, 0.3) is 0 Å². The molecule has 0 radical (unpaired) electrons. The predicted octanol–water partition coefficient (Wildman–Crippen LogP) is 5.62. The number of benzene rings is 1. The first kappa shape index (κ1) is 17.4. The molecule has 0 bridgehead atoms. The van der Waals surface area contributed by atoms with Crippen LogP contribution in [0.5, 0.6) is 0 Å². The van der Waals surface area contributed by atoms with E-state index in [9.17, 15) is 13.6 Å². The molecule has 0 heterocycles. The molecule has 1 aromatic rings. The Morgan fingerprint density at radius 3 is 2.17 bits per heavy atom. The van der Waals surface area contributed by atoms with Crippen LogP contribution in [0, 0.1) is 11.8 Å². The summed E-state index contributed by atoms with van der Waals surface area (Å²) in [6.45, 7) is 0. The van der Waals surface area contributed by atoms with Gasteiger partial charge in [-0.3, -0.25) is 0 Å². The molecule has 2 fully saturated rings. The molecular weight excluding hydrogens is 310 g/mol. The van der Waals surface area contributed by atoms with Crippen molar-refractivity contribution in [1.82, 2.24) is 0 Å². The lowest BCUT2D eigenvalue weighted by Gasteiger charge is -2.38. The second-order valence-corrected chi connectivity index (χ2v) is 7.33. The summed E-state index contributed by atoms with van der Waals surface area (Å²) in [5.74, 6) is -2.47. The fourth-order valence-corrected chi connectivity index (χ4v) is 4.20. The average molecular weight is 336 g/mol. The van der Waals surface area contributed by atoms with Crippen molar-refractivity contribution < 1.29 is 18.3 Å². The summed E-state index contributed by atoms with van der Waals surface area (Å²) in [6, 6.07) is 8.98. The van der Waals surface area contributed by atoms with Gasteiger partial charge in [-0.1, -0.05) is 37.5 Å². The van der Waals surface area contributed by atoms with Gasteiger partial charge in [-0.05, 0) is 49.7 Å². The Balaban J connectivity index is 1.71. The predicted molar refractivity (Wildman–Crippen MR) is 89.1 cm³/mol. The number of alkyl halides is 2. The number of esters is 1. The van der Waals surface area contributed by atoms with Crippen molar-refractivity contribution in [2.75, 3.05) is 0 Å². The van der Waals surface area contributed by atoms with Crippen LogP contribution in [0.2, 0.25) is 0 Å². The Bertz CT molecular complexity index is 528. The van der Waals surface area contributed by atoms with Gasteiger partial charge in [-0.2, -0.15) is 0 Å². The van der Waals surface area contributed by atoms with Gasteiger partial charge in [0.15, 0.2) is 0 Å². The molecule has 0 saturated heterocycles. The summed E-state index contributed by atoms with van der Waals surface area (Å²) < 4.78 is 32.9. The molecule has 1 atom stereocenters. The minimum atomic E-state index is -2.54. The molecule has 0 N–H and O–H groups in total. The lowest BCUT2D eigenvalue weighted by Crippen LogP contribution is -2.39. The average Bonchev–Trinajstić information content (AvgIpc) is 2.61. The molecule has 0 spiro atoms. The van der Waals surface area contributed by atoms with Gasteiger partial charge < -0.3 is 4.74 Å². The summed E-state index contributed by atoms with van der Waals surface area (Å²) in [4.78, 5) is 12.5. The van der Waals surface area contributed by atoms with Gasteiger partial charge in [-0.15, -0.1) is 0 Å². The Morgan fingerprint density at radius 1 is 0.958 bits per heavy atom. The molecule has 3 rings (SSSR count). The van der Waals surface area contributed by atoms with Crippen molar-refractivity contribution in [3.8, 4) is 0 Å². The summed E-state index contributed by atoms with van der Waals surface area (Å²) in [5.41, 5.74) is 0.541. The number of hydrogen-bond donors (Lipinski definition) is 0. The van der Waals surface area contributed by atoms with Crippen LogP contribution >= 0.6 is 0 Å². The molecule has 4 heteroatoms. The van der Waals surface area contributed by atoms with Gasteiger partial charge in [0.2, 0.25) is 5.92 Å². The van der Waals surface area contributed by atoms with Crippen LogP contribution in [0.3, 0.4) is 0 Å². The normalized spacial score (nSPS) is 23.6. The highest BCUT2D eigenvalue weighted by atomic mass is 19.3. The Hall–Kier alpha value is -1.45. The van der Waals surface area contributed by atoms with E-state index < -0.39 is 5.92 Å². The Labute approximate surface area is 142 Å². The zero-order valence-corrected chi connectivity index (χ0v) is 14.1. The maximum absolute atomic E-state index is 13.5. The first-order valence-electron chi connectivity index (χ1n) is 9.19. The second kappa shape index (κ2) is 7.62. The minimum Gasteiger partial charge on any atom is -0.458 e. The van der Waals surface area contributed by atoms with Crippen molar-refractivity contribution in [2.45, 2.75) is 69.8 Å². The van der Waals surface area contributed by atoms with Gasteiger partial charge in [0.05, 0.1) is 5.56 Å². The van der Waals surface area contributed by atoms with E-state index in [0.29, 0.717) is 24.3 Å². The zero-order chi connectivity index (χ0) is 17.0. The largest absolute Gasteiger partial charge is 0.458 e. The van der Waals surface area contributed by atoms with E-state index in [2.05, 4.69) is 0 Å². The van der Waals surface area contributed by atoms with Crippen molar-refractivity contribution in [3.05, 3.63) is 35.9 Å². The van der Waals surface area contributed by atoms with E-state index in [0.717, 1.165) is 25.7 Å². The standard InChI is InChI=1S/C20H26F2O2/c21-20(22)13-11-16(12-14-20)18(15-7-3-1-4-8-15)24-19(23)17-9-5-2-6-10-17/h2,5-6,9-10,15-16,18H,1,3-4,7-8,11-14H2. The molecule has 0 aliphatic heterocycles. The first-order chi connectivity index (χ1) is 11.6. The minimum absolute atomic E-state index is 0.0698. The van der Waals surface area contributed by atoms with Gasteiger partial charge in [0.1, 0.15) is 6.10 Å². The Morgan fingerprint density at radius 2 is 1.54 bits per heavy atom. The summed E-state index contributed by atoms with van der Waals surface area (Å²) in [5, 5.41) is 0. The van der Waals surface area contributed by atoms with E-state index in [1.807, 2.05) is 18.2 Å². The number of carbonyl (C=O) groups is 1. The quantitative estimate of drug-likeness (QED) is 0.667. The highest BCUT2D eigenvalue weighted by molar-refractivity contribution is 5.89. The molecule has 2 saturated carbocycles. The molecule has 132 valence electrons. The van der Waals surface area contributed by atoms with E-state index in [4.69, 9.17) is 4.74 Å². The van der Waals surface area contributed by atoms with Crippen molar-refractivity contribution in [3.63, 3.8) is 0 Å². The van der Waals surface area contributed by atoms with Crippen LogP contribution in [0.15, 0.2) is 30.3 Å². The fourth-order valence-electron chi connectivity index (χ4n) is 4.20. The van der Waals surface area contributed by atoms with E-state index in [-0.39, 0.29) is 30.8 Å². The van der Waals surface area contributed by atoms with Crippen LogP contribution in [-0.2, 0) is 4.74 Å². The van der Waals surface area contributed by atoms with Crippen molar-refractivity contribution >= 4 is 5.97 Å². The number of rotatable bonds is 4. The van der Waals surface area contributed by atoms with Crippen molar-refractivity contribution in [2.24, 2.45) is 11.8 Å². The molecule has 1 unspecified atom stereocenters. The van der Waals surface area contributed by atoms with Crippen LogP contribution in [0.1, 0.15) is 68.1 Å². The SMILES string of the molecule is O=C(OC(C1CCCCC1)C1CCC(F)(F)CC1)c1ccccc1.